The molecule has 58 heavy (non-hydrogen) atoms. The SMILES string of the molecule is O=C(NCCCCNC(=O)c1cn(C2CCC(OP(=O)(O)OP(=O)(O)OP(=O)(O)O)O2)cn1)c1ccc2c(c1)C1(OC2=O)c2ccc(O)cc2Cc2cc(O)ccc21. The van der Waals surface area contributed by atoms with Crippen molar-refractivity contribution in [2.24, 2.45) is 0 Å². The fourth-order valence-electron chi connectivity index (χ4n) is 7.09. The van der Waals surface area contributed by atoms with Crippen molar-refractivity contribution in [3.05, 3.63) is 112 Å². The first-order chi connectivity index (χ1) is 27.3. The highest BCUT2D eigenvalue weighted by molar-refractivity contribution is 7.66. The Morgan fingerprint density at radius 1 is 0.828 bits per heavy atom. The molecule has 308 valence electrons. The Labute approximate surface area is 328 Å². The number of ether oxygens (including phenoxy) is 2. The Bertz CT molecular complexity index is 2400. The zero-order chi connectivity index (χ0) is 41.6. The number of fused-ring (bicyclic) bond motifs is 6. The Morgan fingerprint density at radius 3 is 2.10 bits per heavy atom. The van der Waals surface area contributed by atoms with Gasteiger partial charge in [0.1, 0.15) is 23.4 Å². The number of aromatic hydroxyl groups is 2. The van der Waals surface area contributed by atoms with Crippen LogP contribution in [-0.4, -0.2) is 76.5 Å². The van der Waals surface area contributed by atoms with Gasteiger partial charge in [0.05, 0.1) is 11.9 Å². The molecule has 3 aliphatic rings. The molecule has 0 saturated carbocycles. The first-order valence-electron chi connectivity index (χ1n) is 17.4. The molecule has 24 heteroatoms. The predicted octanol–water partition coefficient (Wildman–Crippen LogP) is 3.58. The number of rotatable bonds is 14. The molecule has 1 fully saturated rings. The fraction of sp³-hybridized carbons (Fsp3) is 0.294. The smallest absolute Gasteiger partial charge is 0.490 e. The van der Waals surface area contributed by atoms with Gasteiger partial charge in [-0.3, -0.25) is 14.1 Å². The van der Waals surface area contributed by atoms with E-state index in [1.165, 1.54) is 41.4 Å². The normalized spacial score (nSPS) is 20.0. The van der Waals surface area contributed by atoms with Gasteiger partial charge in [0.2, 0.25) is 0 Å². The van der Waals surface area contributed by atoms with Gasteiger partial charge in [-0.05, 0) is 79.3 Å². The molecule has 2 aliphatic heterocycles. The molecule has 0 radical (unpaired) electrons. The lowest BCUT2D eigenvalue weighted by molar-refractivity contribution is -0.106. The van der Waals surface area contributed by atoms with E-state index in [2.05, 4.69) is 28.8 Å². The number of benzene rings is 3. The number of carbonyl (C=O) groups is 3. The van der Waals surface area contributed by atoms with Crippen LogP contribution in [0.1, 0.15) is 90.9 Å². The number of nitrogens with zero attached hydrogens (tertiary/aromatic N) is 2. The molecule has 4 aromatic rings. The summed E-state index contributed by atoms with van der Waals surface area (Å²) in [6.45, 7) is 0.486. The molecule has 8 N–H and O–H groups in total. The molecule has 1 spiro atoms. The van der Waals surface area contributed by atoms with Gasteiger partial charge in [-0.15, -0.1) is 0 Å². The fourth-order valence-corrected chi connectivity index (χ4v) is 10.2. The average Bonchev–Trinajstić information content (AvgIpc) is 3.86. The molecular weight excluding hydrogens is 829 g/mol. The van der Waals surface area contributed by atoms with Crippen molar-refractivity contribution in [2.45, 2.75) is 50.2 Å². The highest BCUT2D eigenvalue weighted by atomic mass is 31.3. The van der Waals surface area contributed by atoms with E-state index in [1.807, 2.05) is 0 Å². The maximum absolute atomic E-state index is 13.3. The van der Waals surface area contributed by atoms with E-state index in [4.69, 9.17) is 19.3 Å². The van der Waals surface area contributed by atoms with Crippen molar-refractivity contribution in [2.75, 3.05) is 13.1 Å². The summed E-state index contributed by atoms with van der Waals surface area (Å²) in [5, 5.41) is 26.0. The number of hydrogen-bond donors (Lipinski definition) is 8. The molecule has 1 aromatic heterocycles. The van der Waals surface area contributed by atoms with Gasteiger partial charge < -0.3 is 54.5 Å². The minimum atomic E-state index is -5.69. The quantitative estimate of drug-likeness (QED) is 0.0510. The number of esters is 1. The average molecular weight is 865 g/mol. The molecule has 3 heterocycles. The molecule has 3 aromatic carbocycles. The molecule has 1 aliphatic carbocycles. The second-order valence-corrected chi connectivity index (χ2v) is 17.8. The summed E-state index contributed by atoms with van der Waals surface area (Å²) in [6.07, 6.45) is 1.83. The summed E-state index contributed by atoms with van der Waals surface area (Å²) in [5.74, 6) is -1.45. The largest absolute Gasteiger partial charge is 0.508 e. The highest BCUT2D eigenvalue weighted by Gasteiger charge is 2.52. The molecule has 2 amide bonds. The first-order valence-corrected chi connectivity index (χ1v) is 21.9. The molecule has 4 unspecified atom stereocenters. The van der Waals surface area contributed by atoms with E-state index >= 15 is 0 Å². The Kier molecular flexibility index (Phi) is 11.3. The van der Waals surface area contributed by atoms with Crippen molar-refractivity contribution in [1.82, 2.24) is 20.2 Å². The monoisotopic (exact) mass is 864 g/mol. The van der Waals surface area contributed by atoms with Crippen LogP contribution in [0.3, 0.4) is 0 Å². The second-order valence-electron chi connectivity index (χ2n) is 13.4. The van der Waals surface area contributed by atoms with E-state index in [0.29, 0.717) is 47.1 Å². The van der Waals surface area contributed by atoms with E-state index in [9.17, 15) is 48.1 Å². The number of unbranched alkanes of at least 4 members (excludes halogenated alkanes) is 1. The van der Waals surface area contributed by atoms with E-state index in [-0.39, 0.29) is 54.3 Å². The maximum atomic E-state index is 13.3. The van der Waals surface area contributed by atoms with Crippen LogP contribution < -0.4 is 10.6 Å². The Hall–Kier alpha value is -4.75. The van der Waals surface area contributed by atoms with Gasteiger partial charge in [-0.1, -0.05) is 12.1 Å². The first kappa shape index (κ1) is 41.4. The van der Waals surface area contributed by atoms with Crippen LogP contribution in [-0.2, 0) is 48.3 Å². The zero-order valence-electron chi connectivity index (χ0n) is 29.9. The number of nitrogens with one attached hydrogen (secondary N) is 2. The van der Waals surface area contributed by atoms with Gasteiger partial charge in [-0.25, -0.2) is 23.5 Å². The lowest BCUT2D eigenvalue weighted by Gasteiger charge is -2.37. The number of amides is 2. The highest BCUT2D eigenvalue weighted by Crippen LogP contribution is 2.67. The van der Waals surface area contributed by atoms with Crippen LogP contribution in [0, 0.1) is 0 Å². The van der Waals surface area contributed by atoms with Crippen LogP contribution >= 0.6 is 23.5 Å². The number of imidazole rings is 1. The molecule has 1 saturated heterocycles. The van der Waals surface area contributed by atoms with Crippen molar-refractivity contribution < 1.29 is 80.5 Å². The minimum Gasteiger partial charge on any atom is -0.508 e. The number of phenols is 2. The zero-order valence-corrected chi connectivity index (χ0v) is 32.5. The standard InChI is InChI=1S/C34H35N4O17P3/c39-22-4-7-25-20(14-22)13-21-15-23(40)5-8-26(21)34(25)27-16-19(3-6-24(27)33(43)52-34)31(41)35-11-1-2-12-36-32(42)28-17-38(18-37-28)29-9-10-30(51-29)53-57(47,48)55-58(49,50)54-56(44,45)46/h3-8,14-18,29-30,39-40H,1-2,9-13H2,(H,35,41)(H,36,42)(H,47,48)(H,49,50)(H2,44,45,46). The van der Waals surface area contributed by atoms with Crippen LogP contribution in [0.4, 0.5) is 0 Å². The minimum absolute atomic E-state index is 0.0156. The molecule has 7 rings (SSSR count). The second kappa shape index (κ2) is 15.8. The predicted molar refractivity (Wildman–Crippen MR) is 195 cm³/mol. The van der Waals surface area contributed by atoms with Crippen LogP contribution in [0.15, 0.2) is 67.1 Å². The summed E-state index contributed by atoms with van der Waals surface area (Å²) >= 11 is 0. The van der Waals surface area contributed by atoms with E-state index < -0.39 is 59.4 Å². The molecular formula is C34H35N4O17P3. The number of phenolic OH excluding ortho intramolecular Hbond substituents is 2. The van der Waals surface area contributed by atoms with Gasteiger partial charge in [0, 0.05) is 48.0 Å². The van der Waals surface area contributed by atoms with Gasteiger partial charge in [0.25, 0.3) is 11.8 Å². The van der Waals surface area contributed by atoms with Crippen LogP contribution in [0.2, 0.25) is 0 Å². The number of phosphoric ester groups is 1. The summed E-state index contributed by atoms with van der Waals surface area (Å²) in [5.41, 5.74) is 2.28. The summed E-state index contributed by atoms with van der Waals surface area (Å²) < 4.78 is 59.5. The van der Waals surface area contributed by atoms with Crippen LogP contribution in [0.25, 0.3) is 0 Å². The number of phosphoric acid groups is 3. The third-order valence-electron chi connectivity index (χ3n) is 9.41. The summed E-state index contributed by atoms with van der Waals surface area (Å²) in [6, 6.07) is 14.2. The lowest BCUT2D eigenvalue weighted by Crippen LogP contribution is -2.35. The Balaban J connectivity index is 0.899. The van der Waals surface area contributed by atoms with E-state index in [0.717, 1.165) is 0 Å². The maximum Gasteiger partial charge on any atom is 0.490 e. The van der Waals surface area contributed by atoms with Crippen molar-refractivity contribution >= 4 is 41.3 Å². The van der Waals surface area contributed by atoms with Crippen molar-refractivity contribution in [3.63, 3.8) is 0 Å². The molecule has 0 bridgehead atoms. The third-order valence-corrected chi connectivity index (χ3v) is 13.2. The van der Waals surface area contributed by atoms with E-state index in [1.54, 1.807) is 30.3 Å². The van der Waals surface area contributed by atoms with Crippen LogP contribution in [0.5, 0.6) is 11.5 Å². The number of aromatic nitrogens is 2. The topological polar surface area (TPSA) is 312 Å². The third kappa shape index (κ3) is 8.80. The van der Waals surface area contributed by atoms with Gasteiger partial charge in [0.15, 0.2) is 11.9 Å². The number of carbonyl (C=O) groups excluding carboxylic acids is 3. The summed E-state index contributed by atoms with van der Waals surface area (Å²) in [7, 11) is -16.6. The lowest BCUT2D eigenvalue weighted by atomic mass is 9.71. The molecule has 21 nitrogen and oxygen atoms in total. The number of hydrogen-bond acceptors (Lipinski definition) is 14. The van der Waals surface area contributed by atoms with Gasteiger partial charge >= 0.3 is 29.4 Å². The van der Waals surface area contributed by atoms with Gasteiger partial charge in [-0.2, -0.15) is 8.62 Å². The Morgan fingerprint density at radius 2 is 1.47 bits per heavy atom. The van der Waals surface area contributed by atoms with Crippen molar-refractivity contribution in [3.8, 4) is 11.5 Å². The molecule has 4 atom stereocenters. The van der Waals surface area contributed by atoms with Crippen molar-refractivity contribution in [1.29, 1.82) is 0 Å². The summed E-state index contributed by atoms with van der Waals surface area (Å²) in [4.78, 5) is 79.7.